The van der Waals surface area contributed by atoms with Crippen molar-refractivity contribution in [2.75, 3.05) is 25.5 Å². The van der Waals surface area contributed by atoms with Crippen LogP contribution in [0.25, 0.3) is 10.9 Å². The maximum absolute atomic E-state index is 13.0. The molecule has 0 fully saturated rings. The second kappa shape index (κ2) is 12.4. The van der Waals surface area contributed by atoms with Gasteiger partial charge in [0, 0.05) is 42.0 Å². The van der Waals surface area contributed by atoms with Gasteiger partial charge in [-0.05, 0) is 42.3 Å². The van der Waals surface area contributed by atoms with E-state index in [0.29, 0.717) is 58.9 Å². The number of nitrogens with one attached hydrogen (secondary N) is 2. The molecule has 6 rings (SSSR count). The van der Waals surface area contributed by atoms with Crippen LogP contribution in [0, 0.1) is 0 Å². The van der Waals surface area contributed by atoms with E-state index in [1.165, 1.54) is 4.90 Å². The Morgan fingerprint density at radius 3 is 2.38 bits per heavy atom. The summed E-state index contributed by atoms with van der Waals surface area (Å²) < 4.78 is 5.40. The minimum Gasteiger partial charge on any atom is -0.497 e. The minimum atomic E-state index is -1.58. The number of hydrogen-bond donors (Lipinski definition) is 3. The highest BCUT2D eigenvalue weighted by atomic mass is 35.5. The number of ether oxygens (including phenoxy) is 1. The number of amides is 3. The van der Waals surface area contributed by atoms with Crippen LogP contribution < -0.4 is 10.1 Å². The maximum Gasteiger partial charge on any atom is 0.261 e. The SMILES string of the molecule is COc1ccc2c(CCNC=O)c(C3=Nc4ccccc4[C@@]3(O)CCN3C(=O)c4ccccc4C3=O)[nH]c2c1.ClCCl. The summed E-state index contributed by atoms with van der Waals surface area (Å²) in [5, 5.41) is 16.1. The number of fused-ring (bicyclic) bond motifs is 3. The van der Waals surface area contributed by atoms with Crippen LogP contribution in [0.4, 0.5) is 5.69 Å². The van der Waals surface area contributed by atoms with Crippen molar-refractivity contribution in [1.82, 2.24) is 15.2 Å². The lowest BCUT2D eigenvalue weighted by molar-refractivity contribution is -0.109. The number of hydrogen-bond acceptors (Lipinski definition) is 6. The highest BCUT2D eigenvalue weighted by Gasteiger charge is 2.45. The molecule has 1 aromatic heterocycles. The van der Waals surface area contributed by atoms with E-state index in [2.05, 4.69) is 10.3 Å². The summed E-state index contributed by atoms with van der Waals surface area (Å²) in [5.41, 5.74) is 3.08. The van der Waals surface area contributed by atoms with E-state index in [0.717, 1.165) is 16.5 Å². The second-order valence-electron chi connectivity index (χ2n) is 9.71. The topological polar surface area (TPSA) is 124 Å². The average molecular weight is 607 g/mol. The molecule has 0 saturated heterocycles. The van der Waals surface area contributed by atoms with Crippen molar-refractivity contribution in [3.05, 3.63) is 94.7 Å². The predicted octanol–water partition coefficient (Wildman–Crippen LogP) is 4.89. The highest BCUT2D eigenvalue weighted by Crippen LogP contribution is 2.44. The van der Waals surface area contributed by atoms with Crippen LogP contribution in [0.3, 0.4) is 0 Å². The molecule has 1 atom stereocenters. The number of imide groups is 1. The summed E-state index contributed by atoms with van der Waals surface area (Å²) in [5.74, 6) is -0.0741. The standard InChI is InChI=1S/C30H26N4O5.CH2Cl2/c1-39-18-10-11-19-20(12-14-31-17-35)26(32-25(19)16-18)27-30(38,23-8-4-5-9-24(23)33-27)13-15-34-28(36)21-6-2-3-7-22(21)29(34)37;2-1-3/h2-11,16-17,32,38H,12-15H2,1H3,(H,31,35);1H2/t30-;/m0./s1. The van der Waals surface area contributed by atoms with Crippen LogP contribution in [0.1, 0.15) is 44.0 Å². The number of halogens is 2. The van der Waals surface area contributed by atoms with Crippen molar-refractivity contribution in [1.29, 1.82) is 0 Å². The molecule has 3 N–H and O–H groups in total. The Balaban J connectivity index is 0.00000113. The summed E-state index contributed by atoms with van der Waals surface area (Å²) in [6, 6.07) is 19.7. The van der Waals surface area contributed by atoms with Crippen molar-refractivity contribution in [2.24, 2.45) is 4.99 Å². The molecule has 42 heavy (non-hydrogen) atoms. The Hall–Kier alpha value is -4.18. The smallest absolute Gasteiger partial charge is 0.261 e. The number of methoxy groups -OCH3 is 1. The van der Waals surface area contributed by atoms with Gasteiger partial charge in [-0.25, -0.2) is 4.99 Å². The van der Waals surface area contributed by atoms with E-state index in [9.17, 15) is 19.5 Å². The number of aromatic amines is 1. The zero-order valence-electron chi connectivity index (χ0n) is 22.7. The van der Waals surface area contributed by atoms with Gasteiger partial charge in [0.15, 0.2) is 0 Å². The molecule has 3 heterocycles. The highest BCUT2D eigenvalue weighted by molar-refractivity contribution is 6.40. The lowest BCUT2D eigenvalue weighted by atomic mass is 9.84. The van der Waals surface area contributed by atoms with Gasteiger partial charge in [0.2, 0.25) is 6.41 Å². The first-order valence-corrected chi connectivity index (χ1v) is 14.3. The Bertz CT molecular complexity index is 1670. The number of rotatable bonds is 9. The van der Waals surface area contributed by atoms with E-state index in [1.807, 2.05) is 42.5 Å². The molecule has 3 amide bonds. The Morgan fingerprint density at radius 2 is 1.71 bits per heavy atom. The lowest BCUT2D eigenvalue weighted by Gasteiger charge is -2.28. The number of H-pyrrole nitrogens is 1. The van der Waals surface area contributed by atoms with Gasteiger partial charge in [0.1, 0.15) is 17.1 Å². The van der Waals surface area contributed by atoms with E-state index in [4.69, 9.17) is 32.9 Å². The van der Waals surface area contributed by atoms with E-state index in [-0.39, 0.29) is 30.1 Å². The van der Waals surface area contributed by atoms with E-state index < -0.39 is 5.60 Å². The fourth-order valence-electron chi connectivity index (χ4n) is 5.57. The first kappa shape index (κ1) is 29.3. The number of alkyl halides is 2. The van der Waals surface area contributed by atoms with Crippen LogP contribution in [-0.2, 0) is 16.8 Å². The normalized spacial score (nSPS) is 17.0. The Kier molecular flexibility index (Phi) is 8.63. The van der Waals surface area contributed by atoms with Gasteiger partial charge in [-0.2, -0.15) is 0 Å². The number of carbonyl (C=O) groups is 3. The van der Waals surface area contributed by atoms with Crippen LogP contribution in [0.15, 0.2) is 71.7 Å². The van der Waals surface area contributed by atoms with Gasteiger partial charge in [0.25, 0.3) is 11.8 Å². The van der Waals surface area contributed by atoms with Crippen molar-refractivity contribution < 1.29 is 24.2 Å². The van der Waals surface area contributed by atoms with Gasteiger partial charge in [-0.3, -0.25) is 19.3 Å². The van der Waals surface area contributed by atoms with Crippen molar-refractivity contribution in [2.45, 2.75) is 18.4 Å². The van der Waals surface area contributed by atoms with Crippen LogP contribution in [0.2, 0.25) is 0 Å². The van der Waals surface area contributed by atoms with Gasteiger partial charge < -0.3 is 20.1 Å². The van der Waals surface area contributed by atoms with E-state index in [1.54, 1.807) is 31.4 Å². The lowest BCUT2D eigenvalue weighted by Crippen LogP contribution is -2.40. The molecule has 0 radical (unpaired) electrons. The number of nitrogens with zero attached hydrogens (tertiary/aromatic N) is 2. The molecule has 0 aliphatic carbocycles. The first-order chi connectivity index (χ1) is 20.4. The third kappa shape index (κ3) is 5.15. The molecule has 2 aliphatic heterocycles. The number of para-hydroxylation sites is 1. The number of carbonyl (C=O) groups excluding carboxylic acids is 3. The summed E-state index contributed by atoms with van der Waals surface area (Å²) in [7, 11) is 1.59. The average Bonchev–Trinajstić information content (AvgIpc) is 3.59. The van der Waals surface area contributed by atoms with Gasteiger partial charge in [0.05, 0.1) is 35.0 Å². The number of aliphatic imine (C=N–C) groups is 1. The quantitative estimate of drug-likeness (QED) is 0.108. The van der Waals surface area contributed by atoms with Gasteiger partial charge >= 0.3 is 0 Å². The number of aliphatic hydroxyl groups is 1. The molecule has 0 saturated carbocycles. The Morgan fingerprint density at radius 1 is 1.05 bits per heavy atom. The van der Waals surface area contributed by atoms with Crippen molar-refractivity contribution in [3.63, 3.8) is 0 Å². The molecule has 3 aromatic carbocycles. The molecule has 0 spiro atoms. The van der Waals surface area contributed by atoms with Crippen molar-refractivity contribution >= 4 is 63.7 Å². The summed E-state index contributed by atoms with van der Waals surface area (Å²) in [6.45, 7) is 0.398. The van der Waals surface area contributed by atoms with Crippen molar-refractivity contribution in [3.8, 4) is 5.75 Å². The molecular formula is C31H28Cl2N4O5. The van der Waals surface area contributed by atoms with Crippen LogP contribution >= 0.6 is 23.2 Å². The summed E-state index contributed by atoms with van der Waals surface area (Å²) in [4.78, 5) is 46.5. The molecule has 11 heteroatoms. The fourth-order valence-corrected chi connectivity index (χ4v) is 5.57. The Labute approximate surface area is 252 Å². The second-order valence-corrected chi connectivity index (χ2v) is 10.5. The molecule has 216 valence electrons. The fraction of sp³-hybridized carbons (Fsp3) is 0.226. The molecule has 4 aromatic rings. The number of aromatic nitrogens is 1. The zero-order valence-corrected chi connectivity index (χ0v) is 24.2. The molecule has 2 aliphatic rings. The zero-order chi connectivity index (χ0) is 29.9. The molecular weight excluding hydrogens is 579 g/mol. The third-order valence-electron chi connectivity index (χ3n) is 7.50. The molecule has 0 bridgehead atoms. The third-order valence-corrected chi connectivity index (χ3v) is 7.50. The van der Waals surface area contributed by atoms with Gasteiger partial charge in [-0.1, -0.05) is 30.3 Å². The van der Waals surface area contributed by atoms with Crippen LogP contribution in [-0.4, -0.2) is 64.5 Å². The van der Waals surface area contributed by atoms with Gasteiger partial charge in [-0.15, -0.1) is 23.2 Å². The minimum absolute atomic E-state index is 0.00623. The summed E-state index contributed by atoms with van der Waals surface area (Å²) >= 11 is 9.53. The summed E-state index contributed by atoms with van der Waals surface area (Å²) in [6.07, 6.45) is 1.20. The monoisotopic (exact) mass is 606 g/mol. The molecule has 0 unspecified atom stereocenters. The largest absolute Gasteiger partial charge is 0.497 e. The van der Waals surface area contributed by atoms with Crippen LogP contribution in [0.5, 0.6) is 5.75 Å². The predicted molar refractivity (Wildman–Crippen MR) is 162 cm³/mol. The first-order valence-electron chi connectivity index (χ1n) is 13.2. The number of benzene rings is 3. The van der Waals surface area contributed by atoms with E-state index >= 15 is 0 Å². The molecule has 9 nitrogen and oxygen atoms in total. The maximum atomic E-state index is 13.0.